The summed E-state index contributed by atoms with van der Waals surface area (Å²) < 4.78 is 5.33. The fourth-order valence-corrected chi connectivity index (χ4v) is 1.48. The number of rotatable bonds is 1. The van der Waals surface area contributed by atoms with E-state index in [4.69, 9.17) is 4.74 Å². The van der Waals surface area contributed by atoms with E-state index in [1.165, 1.54) is 11.1 Å². The highest BCUT2D eigenvalue weighted by Gasteiger charge is 2.15. The Balaban J connectivity index is 2.50. The molecule has 0 saturated heterocycles. The second-order valence-corrected chi connectivity index (χ2v) is 2.71. The predicted molar refractivity (Wildman–Crippen MR) is 42.8 cm³/mol. The van der Waals surface area contributed by atoms with Gasteiger partial charge in [-0.25, -0.2) is 4.98 Å². The van der Waals surface area contributed by atoms with Crippen LogP contribution in [-0.2, 0) is 12.8 Å². The van der Waals surface area contributed by atoms with Crippen LogP contribution in [0, 0.1) is 0 Å². The fraction of sp³-hybridized carbons (Fsp3) is 0.444. The first kappa shape index (κ1) is 6.65. The Morgan fingerprint density at radius 3 is 3.36 bits per heavy atom. The van der Waals surface area contributed by atoms with Gasteiger partial charge in [-0.2, -0.15) is 0 Å². The number of aromatic nitrogens is 1. The Labute approximate surface area is 66.2 Å². The highest BCUT2D eigenvalue weighted by molar-refractivity contribution is 5.36. The first-order valence-corrected chi connectivity index (χ1v) is 4.01. The quantitative estimate of drug-likeness (QED) is 0.604. The molecule has 1 aliphatic heterocycles. The average Bonchev–Trinajstić information content (AvgIpc) is 2.50. The van der Waals surface area contributed by atoms with E-state index in [-0.39, 0.29) is 0 Å². The lowest BCUT2D eigenvalue weighted by atomic mass is 10.1. The van der Waals surface area contributed by atoms with Crippen molar-refractivity contribution in [3.8, 4) is 5.88 Å². The summed E-state index contributed by atoms with van der Waals surface area (Å²) in [4.78, 5) is 4.15. The Morgan fingerprint density at radius 1 is 1.64 bits per heavy atom. The molecule has 0 N–H and O–H groups in total. The van der Waals surface area contributed by atoms with Crippen molar-refractivity contribution in [2.75, 3.05) is 6.61 Å². The maximum Gasteiger partial charge on any atom is 0.216 e. The summed E-state index contributed by atoms with van der Waals surface area (Å²) >= 11 is 0. The van der Waals surface area contributed by atoms with E-state index in [1.807, 2.05) is 6.20 Å². The molecule has 0 aromatic carbocycles. The van der Waals surface area contributed by atoms with Crippen LogP contribution in [-0.4, -0.2) is 11.6 Å². The third-order valence-electron chi connectivity index (χ3n) is 2.09. The molecule has 0 radical (unpaired) electrons. The minimum absolute atomic E-state index is 0.805. The molecule has 2 heterocycles. The number of hydrogen-bond donors (Lipinski definition) is 0. The minimum Gasteiger partial charge on any atom is -0.477 e. The topological polar surface area (TPSA) is 22.1 Å². The van der Waals surface area contributed by atoms with Gasteiger partial charge in [-0.3, -0.25) is 0 Å². The van der Waals surface area contributed by atoms with E-state index in [9.17, 15) is 0 Å². The van der Waals surface area contributed by atoms with Crippen LogP contribution in [0.3, 0.4) is 0 Å². The van der Waals surface area contributed by atoms with Crippen LogP contribution in [0.1, 0.15) is 18.1 Å². The molecule has 1 aromatic rings. The van der Waals surface area contributed by atoms with Crippen molar-refractivity contribution in [3.05, 3.63) is 23.4 Å². The second kappa shape index (κ2) is 2.53. The van der Waals surface area contributed by atoms with Gasteiger partial charge in [0.15, 0.2) is 0 Å². The molecule has 11 heavy (non-hydrogen) atoms. The lowest BCUT2D eigenvalue weighted by Crippen LogP contribution is -1.89. The summed E-state index contributed by atoms with van der Waals surface area (Å²) in [7, 11) is 0. The van der Waals surface area contributed by atoms with Crippen molar-refractivity contribution in [1.29, 1.82) is 0 Å². The highest BCUT2D eigenvalue weighted by atomic mass is 16.5. The van der Waals surface area contributed by atoms with Crippen LogP contribution in [0.5, 0.6) is 5.88 Å². The van der Waals surface area contributed by atoms with Crippen molar-refractivity contribution in [1.82, 2.24) is 4.98 Å². The van der Waals surface area contributed by atoms with Gasteiger partial charge in [0.25, 0.3) is 0 Å². The largest absolute Gasteiger partial charge is 0.477 e. The molecule has 2 heteroatoms. The third-order valence-corrected chi connectivity index (χ3v) is 2.09. The van der Waals surface area contributed by atoms with Gasteiger partial charge in [0.1, 0.15) is 0 Å². The smallest absolute Gasteiger partial charge is 0.216 e. The molecule has 2 rings (SSSR count). The first-order chi connectivity index (χ1) is 5.42. The molecule has 0 fully saturated rings. The Kier molecular flexibility index (Phi) is 1.53. The van der Waals surface area contributed by atoms with E-state index in [2.05, 4.69) is 18.0 Å². The van der Waals surface area contributed by atoms with Crippen LogP contribution in [0.15, 0.2) is 12.3 Å². The number of aryl methyl sites for hydroxylation is 1. The summed E-state index contributed by atoms with van der Waals surface area (Å²) in [6.07, 6.45) is 3.93. The number of ether oxygens (including phenoxy) is 1. The van der Waals surface area contributed by atoms with Crippen LogP contribution < -0.4 is 4.74 Å². The van der Waals surface area contributed by atoms with Crippen molar-refractivity contribution in [2.24, 2.45) is 0 Å². The fourth-order valence-electron chi connectivity index (χ4n) is 1.48. The summed E-state index contributed by atoms with van der Waals surface area (Å²) in [5.41, 5.74) is 2.70. The Bertz CT molecular complexity index is 270. The van der Waals surface area contributed by atoms with Crippen molar-refractivity contribution in [3.63, 3.8) is 0 Å². The zero-order valence-corrected chi connectivity index (χ0v) is 6.63. The molecular weight excluding hydrogens is 138 g/mol. The summed E-state index contributed by atoms with van der Waals surface area (Å²) in [5, 5.41) is 0. The molecule has 0 atom stereocenters. The zero-order valence-electron chi connectivity index (χ0n) is 6.63. The van der Waals surface area contributed by atoms with E-state index < -0.39 is 0 Å². The van der Waals surface area contributed by atoms with Gasteiger partial charge < -0.3 is 4.74 Å². The van der Waals surface area contributed by atoms with E-state index in [0.717, 1.165) is 25.3 Å². The van der Waals surface area contributed by atoms with E-state index in [0.29, 0.717) is 0 Å². The molecule has 1 aromatic heterocycles. The average molecular weight is 149 g/mol. The molecule has 0 spiro atoms. The molecular formula is C9H11NO. The lowest BCUT2D eigenvalue weighted by Gasteiger charge is -2.01. The van der Waals surface area contributed by atoms with Crippen LogP contribution in [0.25, 0.3) is 0 Å². The van der Waals surface area contributed by atoms with Gasteiger partial charge in [-0.1, -0.05) is 6.92 Å². The number of hydrogen-bond acceptors (Lipinski definition) is 2. The molecule has 1 aliphatic rings. The monoisotopic (exact) mass is 149 g/mol. The predicted octanol–water partition coefficient (Wildman–Crippen LogP) is 1.58. The first-order valence-electron chi connectivity index (χ1n) is 4.01. The van der Waals surface area contributed by atoms with E-state index in [1.54, 1.807) is 0 Å². The van der Waals surface area contributed by atoms with Crippen molar-refractivity contribution in [2.45, 2.75) is 19.8 Å². The third kappa shape index (κ3) is 0.985. The normalized spacial score (nSPS) is 14.3. The number of pyridine rings is 1. The molecule has 0 aliphatic carbocycles. The number of nitrogens with zero attached hydrogens (tertiary/aromatic N) is 1. The van der Waals surface area contributed by atoms with Gasteiger partial charge >= 0.3 is 0 Å². The molecule has 0 saturated carbocycles. The zero-order chi connectivity index (χ0) is 7.68. The highest BCUT2D eigenvalue weighted by Crippen LogP contribution is 2.25. The Hall–Kier alpha value is -1.05. The molecule has 58 valence electrons. The van der Waals surface area contributed by atoms with E-state index >= 15 is 0 Å². The summed E-state index contributed by atoms with van der Waals surface area (Å²) in [5.74, 6) is 0.851. The summed E-state index contributed by atoms with van der Waals surface area (Å²) in [6.45, 7) is 2.97. The minimum atomic E-state index is 0.805. The Morgan fingerprint density at radius 2 is 2.55 bits per heavy atom. The maximum atomic E-state index is 5.33. The van der Waals surface area contributed by atoms with Crippen LogP contribution in [0.2, 0.25) is 0 Å². The SMILES string of the molecule is CCc1ccnc2c1CCO2. The van der Waals surface area contributed by atoms with Gasteiger partial charge in [-0.15, -0.1) is 0 Å². The molecule has 0 bridgehead atoms. The second-order valence-electron chi connectivity index (χ2n) is 2.71. The molecule has 0 amide bonds. The number of fused-ring (bicyclic) bond motifs is 1. The van der Waals surface area contributed by atoms with Gasteiger partial charge in [0.05, 0.1) is 6.61 Å². The molecule has 0 unspecified atom stereocenters. The maximum absolute atomic E-state index is 5.33. The standard InChI is InChI=1S/C9H11NO/c1-2-7-3-5-10-9-8(7)4-6-11-9/h3,5H,2,4,6H2,1H3. The lowest BCUT2D eigenvalue weighted by molar-refractivity contribution is 0.345. The van der Waals surface area contributed by atoms with Crippen molar-refractivity contribution < 1.29 is 4.74 Å². The molecule has 2 nitrogen and oxygen atoms in total. The van der Waals surface area contributed by atoms with Gasteiger partial charge in [-0.05, 0) is 18.1 Å². The van der Waals surface area contributed by atoms with Gasteiger partial charge in [0, 0.05) is 18.2 Å². The van der Waals surface area contributed by atoms with Crippen molar-refractivity contribution >= 4 is 0 Å². The van der Waals surface area contributed by atoms with Gasteiger partial charge in [0.2, 0.25) is 5.88 Å². The summed E-state index contributed by atoms with van der Waals surface area (Å²) in [6, 6.07) is 2.08. The van der Waals surface area contributed by atoms with Crippen LogP contribution >= 0.6 is 0 Å². The van der Waals surface area contributed by atoms with Crippen LogP contribution in [0.4, 0.5) is 0 Å².